The number of rotatable bonds is 2. The molecule has 0 saturated carbocycles. The predicted octanol–water partition coefficient (Wildman–Crippen LogP) is 3.65. The highest BCUT2D eigenvalue weighted by atomic mass is 16.1. The van der Waals surface area contributed by atoms with E-state index >= 15 is 0 Å². The van der Waals surface area contributed by atoms with E-state index in [2.05, 4.69) is 31.2 Å². The molecular formula is C17H15NO. The van der Waals surface area contributed by atoms with Crippen molar-refractivity contribution in [2.24, 2.45) is 5.73 Å². The highest BCUT2D eigenvalue weighted by Gasteiger charge is 2.07. The third-order valence-electron chi connectivity index (χ3n) is 3.58. The summed E-state index contributed by atoms with van der Waals surface area (Å²) in [4.78, 5) is 11.5. The van der Waals surface area contributed by atoms with Crippen molar-refractivity contribution >= 4 is 27.5 Å². The number of aryl methyl sites for hydroxylation is 1. The number of amides is 1. The van der Waals surface area contributed by atoms with Gasteiger partial charge in [0.05, 0.1) is 0 Å². The van der Waals surface area contributed by atoms with Gasteiger partial charge in [-0.15, -0.1) is 0 Å². The first-order valence-corrected chi connectivity index (χ1v) is 6.44. The highest BCUT2D eigenvalue weighted by molar-refractivity contribution is 6.10. The molecule has 94 valence electrons. The van der Waals surface area contributed by atoms with Crippen LogP contribution in [0.1, 0.15) is 22.8 Å². The molecule has 2 N–H and O–H groups in total. The number of carbonyl (C=O) groups excluding carboxylic acids is 1. The first-order valence-electron chi connectivity index (χ1n) is 6.44. The van der Waals surface area contributed by atoms with E-state index in [4.69, 9.17) is 5.73 Å². The van der Waals surface area contributed by atoms with Crippen LogP contribution in [-0.4, -0.2) is 5.91 Å². The minimum atomic E-state index is -0.380. The average Bonchev–Trinajstić information content (AvgIpc) is 2.43. The predicted molar refractivity (Wildman–Crippen MR) is 79.3 cm³/mol. The van der Waals surface area contributed by atoms with E-state index in [1.807, 2.05) is 18.2 Å². The lowest BCUT2D eigenvalue weighted by Gasteiger charge is -2.07. The summed E-state index contributed by atoms with van der Waals surface area (Å²) in [7, 11) is 0. The van der Waals surface area contributed by atoms with Crippen LogP contribution in [0.4, 0.5) is 0 Å². The zero-order chi connectivity index (χ0) is 13.4. The molecule has 0 heterocycles. The van der Waals surface area contributed by atoms with Crippen LogP contribution in [0.2, 0.25) is 0 Å². The van der Waals surface area contributed by atoms with Crippen molar-refractivity contribution in [1.29, 1.82) is 0 Å². The summed E-state index contributed by atoms with van der Waals surface area (Å²) in [6, 6.07) is 16.3. The third kappa shape index (κ3) is 1.95. The van der Waals surface area contributed by atoms with Gasteiger partial charge < -0.3 is 5.73 Å². The number of hydrogen-bond donors (Lipinski definition) is 1. The molecule has 19 heavy (non-hydrogen) atoms. The summed E-state index contributed by atoms with van der Waals surface area (Å²) >= 11 is 0. The lowest BCUT2D eigenvalue weighted by Crippen LogP contribution is -2.11. The summed E-state index contributed by atoms with van der Waals surface area (Å²) in [5, 5.41) is 4.32. The number of primary amides is 1. The Kier molecular flexibility index (Phi) is 2.71. The Bertz CT molecular complexity index is 790. The molecule has 0 bridgehead atoms. The molecule has 0 saturated heterocycles. The normalized spacial score (nSPS) is 11.0. The Labute approximate surface area is 111 Å². The number of carbonyl (C=O) groups is 1. The van der Waals surface area contributed by atoms with Crippen molar-refractivity contribution in [2.45, 2.75) is 13.3 Å². The molecule has 0 aliphatic heterocycles. The maximum absolute atomic E-state index is 11.5. The van der Waals surface area contributed by atoms with Crippen LogP contribution >= 0.6 is 0 Å². The van der Waals surface area contributed by atoms with Crippen molar-refractivity contribution in [3.63, 3.8) is 0 Å². The van der Waals surface area contributed by atoms with E-state index < -0.39 is 0 Å². The van der Waals surface area contributed by atoms with E-state index in [1.54, 1.807) is 6.07 Å². The molecule has 2 nitrogen and oxygen atoms in total. The number of hydrogen-bond acceptors (Lipinski definition) is 1. The van der Waals surface area contributed by atoms with E-state index in [-0.39, 0.29) is 5.91 Å². The summed E-state index contributed by atoms with van der Waals surface area (Å²) < 4.78 is 0. The minimum Gasteiger partial charge on any atom is -0.366 e. The summed E-state index contributed by atoms with van der Waals surface area (Å²) in [5.74, 6) is -0.380. The van der Waals surface area contributed by atoms with Crippen molar-refractivity contribution in [1.82, 2.24) is 0 Å². The Morgan fingerprint density at radius 2 is 1.84 bits per heavy atom. The van der Waals surface area contributed by atoms with Gasteiger partial charge in [-0.2, -0.15) is 0 Å². The number of nitrogens with two attached hydrogens (primary N) is 1. The first kappa shape index (κ1) is 11.7. The van der Waals surface area contributed by atoms with E-state index in [0.717, 1.165) is 22.6 Å². The maximum atomic E-state index is 11.5. The SMILES string of the molecule is CCc1ccc2cc3c(C(N)=O)cccc3cc2c1. The Morgan fingerprint density at radius 3 is 2.58 bits per heavy atom. The fraction of sp³-hybridized carbons (Fsp3) is 0.118. The van der Waals surface area contributed by atoms with Gasteiger partial charge in [0.15, 0.2) is 0 Å². The van der Waals surface area contributed by atoms with Gasteiger partial charge >= 0.3 is 0 Å². The van der Waals surface area contributed by atoms with Crippen LogP contribution in [-0.2, 0) is 6.42 Å². The molecular weight excluding hydrogens is 234 g/mol. The molecule has 3 aromatic carbocycles. The zero-order valence-corrected chi connectivity index (χ0v) is 10.8. The van der Waals surface area contributed by atoms with E-state index in [1.165, 1.54) is 10.9 Å². The molecule has 0 atom stereocenters. The van der Waals surface area contributed by atoms with Gasteiger partial charge in [0.1, 0.15) is 0 Å². The lowest BCUT2D eigenvalue weighted by molar-refractivity contribution is 0.100. The van der Waals surface area contributed by atoms with Gasteiger partial charge in [-0.3, -0.25) is 4.79 Å². The van der Waals surface area contributed by atoms with Crippen LogP contribution < -0.4 is 5.73 Å². The molecule has 0 radical (unpaired) electrons. The van der Waals surface area contributed by atoms with Gasteiger partial charge in [0.25, 0.3) is 0 Å². The van der Waals surface area contributed by atoms with E-state index in [9.17, 15) is 4.79 Å². The second kappa shape index (κ2) is 4.39. The third-order valence-corrected chi connectivity index (χ3v) is 3.58. The average molecular weight is 249 g/mol. The summed E-state index contributed by atoms with van der Waals surface area (Å²) in [5.41, 5.74) is 7.33. The highest BCUT2D eigenvalue weighted by Crippen LogP contribution is 2.26. The molecule has 2 heteroatoms. The summed E-state index contributed by atoms with van der Waals surface area (Å²) in [6.07, 6.45) is 1.02. The second-order valence-corrected chi connectivity index (χ2v) is 4.78. The van der Waals surface area contributed by atoms with Gasteiger partial charge in [-0.1, -0.05) is 37.3 Å². The molecule has 0 unspecified atom stereocenters. The minimum absolute atomic E-state index is 0.380. The smallest absolute Gasteiger partial charge is 0.249 e. The monoisotopic (exact) mass is 249 g/mol. The van der Waals surface area contributed by atoms with Gasteiger partial charge in [-0.25, -0.2) is 0 Å². The molecule has 0 fully saturated rings. The zero-order valence-electron chi connectivity index (χ0n) is 10.8. The Hall–Kier alpha value is -2.35. The van der Waals surface area contributed by atoms with Crippen molar-refractivity contribution in [3.05, 3.63) is 59.7 Å². The fourth-order valence-corrected chi connectivity index (χ4v) is 2.51. The molecule has 3 aromatic rings. The van der Waals surface area contributed by atoms with Gasteiger partial charge in [0, 0.05) is 5.56 Å². The quantitative estimate of drug-likeness (QED) is 0.692. The van der Waals surface area contributed by atoms with Crippen LogP contribution in [0, 0.1) is 0 Å². The van der Waals surface area contributed by atoms with Crippen LogP contribution in [0.15, 0.2) is 48.5 Å². The first-order chi connectivity index (χ1) is 9.19. The summed E-state index contributed by atoms with van der Waals surface area (Å²) in [6.45, 7) is 2.15. The van der Waals surface area contributed by atoms with Crippen LogP contribution in [0.5, 0.6) is 0 Å². The van der Waals surface area contributed by atoms with Gasteiger partial charge in [0.2, 0.25) is 5.91 Å². The van der Waals surface area contributed by atoms with Gasteiger partial charge in [-0.05, 0) is 51.7 Å². The molecule has 0 aromatic heterocycles. The molecule has 0 spiro atoms. The number of benzene rings is 3. The van der Waals surface area contributed by atoms with Crippen molar-refractivity contribution in [3.8, 4) is 0 Å². The van der Waals surface area contributed by atoms with Crippen LogP contribution in [0.3, 0.4) is 0 Å². The molecule has 3 rings (SSSR count). The second-order valence-electron chi connectivity index (χ2n) is 4.78. The van der Waals surface area contributed by atoms with Crippen molar-refractivity contribution in [2.75, 3.05) is 0 Å². The number of fused-ring (bicyclic) bond motifs is 2. The molecule has 0 aliphatic carbocycles. The van der Waals surface area contributed by atoms with Crippen LogP contribution in [0.25, 0.3) is 21.5 Å². The topological polar surface area (TPSA) is 43.1 Å². The largest absolute Gasteiger partial charge is 0.366 e. The van der Waals surface area contributed by atoms with E-state index in [0.29, 0.717) is 5.56 Å². The molecule has 1 amide bonds. The maximum Gasteiger partial charge on any atom is 0.249 e. The standard InChI is InChI=1S/C17H15NO/c1-2-11-6-7-12-10-16-13(9-14(12)8-11)4-3-5-15(16)17(18)19/h3-10H,2H2,1H3,(H2,18,19). The van der Waals surface area contributed by atoms with Crippen molar-refractivity contribution < 1.29 is 4.79 Å². The fourth-order valence-electron chi connectivity index (χ4n) is 2.51. The Morgan fingerprint density at radius 1 is 1.00 bits per heavy atom. The molecule has 0 aliphatic rings. The lowest BCUT2D eigenvalue weighted by atomic mass is 9.98. The Balaban J connectivity index is 2.37.